The third kappa shape index (κ3) is 4.81. The van der Waals surface area contributed by atoms with Crippen LogP contribution in [0.1, 0.15) is 18.1 Å². The molecule has 0 aliphatic heterocycles. The fraction of sp³-hybridized carbons (Fsp3) is 0.429. The normalized spacial score (nSPS) is 12.6. The van der Waals surface area contributed by atoms with E-state index in [1.165, 1.54) is 14.0 Å². The van der Waals surface area contributed by atoms with Gasteiger partial charge in [-0.3, -0.25) is 4.79 Å². The Labute approximate surface area is 128 Å². The second kappa shape index (κ2) is 8.08. The van der Waals surface area contributed by atoms with Gasteiger partial charge in [-0.15, -0.1) is 0 Å². The highest BCUT2D eigenvalue weighted by Crippen LogP contribution is 2.32. The summed E-state index contributed by atoms with van der Waals surface area (Å²) in [4.78, 5) is 10.8. The first kappa shape index (κ1) is 17.6. The molecule has 122 valence electrons. The highest BCUT2D eigenvalue weighted by Gasteiger charge is 2.14. The average molecular weight is 311 g/mol. The quantitative estimate of drug-likeness (QED) is 0.242. The van der Waals surface area contributed by atoms with Gasteiger partial charge >= 0.3 is 0 Å². The first-order valence-electron chi connectivity index (χ1n) is 6.60. The van der Waals surface area contributed by atoms with Gasteiger partial charge in [0, 0.05) is 19.0 Å². The van der Waals surface area contributed by atoms with Crippen LogP contribution in [0.15, 0.2) is 17.3 Å². The van der Waals surface area contributed by atoms with Gasteiger partial charge in [0.1, 0.15) is 12.7 Å². The molecular weight excluding hydrogens is 290 g/mol. The molecule has 22 heavy (non-hydrogen) atoms. The molecule has 1 rings (SSSR count). The van der Waals surface area contributed by atoms with E-state index in [4.69, 9.17) is 20.4 Å². The minimum Gasteiger partial charge on any atom is -0.493 e. The zero-order chi connectivity index (χ0) is 16.7. The Morgan fingerprint density at radius 2 is 2.18 bits per heavy atom. The molecule has 0 heterocycles. The lowest BCUT2D eigenvalue weighted by atomic mass is 10.1. The minimum absolute atomic E-state index is 0.0135. The van der Waals surface area contributed by atoms with Crippen molar-refractivity contribution in [2.45, 2.75) is 20.0 Å². The Hall–Kier alpha value is -2.48. The number of nitrogens with one attached hydrogen (secondary N) is 1. The van der Waals surface area contributed by atoms with Crippen molar-refractivity contribution in [2.75, 3.05) is 20.3 Å². The first-order chi connectivity index (χ1) is 10.4. The smallest absolute Gasteiger partial charge is 0.216 e. The number of amidine groups is 1. The zero-order valence-electron chi connectivity index (χ0n) is 12.8. The molecule has 0 saturated carbocycles. The summed E-state index contributed by atoms with van der Waals surface area (Å²) in [6.45, 7) is 3.22. The van der Waals surface area contributed by atoms with E-state index in [0.29, 0.717) is 22.6 Å². The number of benzene rings is 1. The van der Waals surface area contributed by atoms with Gasteiger partial charge in [-0.25, -0.2) is 0 Å². The van der Waals surface area contributed by atoms with Crippen molar-refractivity contribution in [1.29, 1.82) is 0 Å². The van der Waals surface area contributed by atoms with Gasteiger partial charge in [0.05, 0.1) is 7.11 Å². The summed E-state index contributed by atoms with van der Waals surface area (Å²) in [5, 5.41) is 23.9. The number of aryl methyl sites for hydroxylation is 1. The molecule has 0 radical (unpaired) electrons. The van der Waals surface area contributed by atoms with Crippen molar-refractivity contribution in [1.82, 2.24) is 5.32 Å². The second-order valence-electron chi connectivity index (χ2n) is 4.71. The number of oxime groups is 1. The Morgan fingerprint density at radius 3 is 2.73 bits per heavy atom. The van der Waals surface area contributed by atoms with Gasteiger partial charge in [-0.05, 0) is 24.6 Å². The molecule has 0 aromatic heterocycles. The van der Waals surface area contributed by atoms with Crippen LogP contribution in [0.4, 0.5) is 0 Å². The standard InChI is InChI=1S/C14H21N3O5/c1-8-4-10(14(15)17-20)5-12(21-3)13(8)22-7-11(19)6-16-9(2)18/h4-5,11,19-20H,6-7H2,1-3H3,(H2,15,17)(H,16,18). The summed E-state index contributed by atoms with van der Waals surface area (Å²) < 4.78 is 10.8. The van der Waals surface area contributed by atoms with E-state index in [1.807, 2.05) is 0 Å². The van der Waals surface area contributed by atoms with Crippen LogP contribution < -0.4 is 20.5 Å². The second-order valence-corrected chi connectivity index (χ2v) is 4.71. The molecule has 8 nitrogen and oxygen atoms in total. The topological polar surface area (TPSA) is 126 Å². The predicted molar refractivity (Wildman–Crippen MR) is 80.4 cm³/mol. The molecule has 1 unspecified atom stereocenters. The number of rotatable bonds is 7. The van der Waals surface area contributed by atoms with E-state index in [9.17, 15) is 9.90 Å². The maximum Gasteiger partial charge on any atom is 0.216 e. The largest absolute Gasteiger partial charge is 0.493 e. The Morgan fingerprint density at radius 1 is 1.50 bits per heavy atom. The van der Waals surface area contributed by atoms with Crippen LogP contribution in [0.5, 0.6) is 11.5 Å². The average Bonchev–Trinajstić information content (AvgIpc) is 2.49. The van der Waals surface area contributed by atoms with Crippen LogP contribution in [0.2, 0.25) is 0 Å². The number of nitrogens with zero attached hydrogens (tertiary/aromatic N) is 1. The minimum atomic E-state index is -0.850. The van der Waals surface area contributed by atoms with Crippen LogP contribution in [-0.2, 0) is 4.79 Å². The number of hydrogen-bond donors (Lipinski definition) is 4. The van der Waals surface area contributed by atoms with Crippen LogP contribution in [0.3, 0.4) is 0 Å². The molecule has 0 bridgehead atoms. The number of aliphatic hydroxyl groups excluding tert-OH is 1. The summed E-state index contributed by atoms with van der Waals surface area (Å²) in [6, 6.07) is 3.24. The number of amides is 1. The third-order valence-electron chi connectivity index (χ3n) is 2.87. The number of aliphatic hydroxyl groups is 1. The lowest BCUT2D eigenvalue weighted by Crippen LogP contribution is -2.34. The molecule has 0 fully saturated rings. The summed E-state index contributed by atoms with van der Waals surface area (Å²) in [5.41, 5.74) is 6.74. The first-order valence-corrected chi connectivity index (χ1v) is 6.60. The number of nitrogens with two attached hydrogens (primary N) is 1. The molecule has 0 aliphatic carbocycles. The lowest BCUT2D eigenvalue weighted by Gasteiger charge is -2.17. The molecule has 5 N–H and O–H groups in total. The fourth-order valence-corrected chi connectivity index (χ4v) is 1.78. The molecular formula is C14H21N3O5. The summed E-state index contributed by atoms with van der Waals surface area (Å²) >= 11 is 0. The van der Waals surface area contributed by atoms with E-state index >= 15 is 0 Å². The van der Waals surface area contributed by atoms with Gasteiger partial charge in [0.25, 0.3) is 0 Å². The van der Waals surface area contributed by atoms with Crippen LogP contribution >= 0.6 is 0 Å². The third-order valence-corrected chi connectivity index (χ3v) is 2.87. The van der Waals surface area contributed by atoms with Crippen molar-refractivity contribution in [3.8, 4) is 11.5 Å². The molecule has 8 heteroatoms. The Balaban J connectivity index is 2.84. The Kier molecular flexibility index (Phi) is 6.46. The summed E-state index contributed by atoms with van der Waals surface area (Å²) in [6.07, 6.45) is -0.850. The SMILES string of the molecule is COc1cc(C(N)=NO)cc(C)c1OCC(O)CNC(C)=O. The van der Waals surface area contributed by atoms with Crippen molar-refractivity contribution < 1.29 is 24.6 Å². The molecule has 0 aliphatic rings. The van der Waals surface area contributed by atoms with Gasteiger partial charge in [0.15, 0.2) is 17.3 Å². The fourth-order valence-electron chi connectivity index (χ4n) is 1.78. The highest BCUT2D eigenvalue weighted by atomic mass is 16.5. The predicted octanol–water partition coefficient (Wildman–Crippen LogP) is -0.0261. The van der Waals surface area contributed by atoms with Crippen LogP contribution in [-0.4, -0.2) is 48.4 Å². The van der Waals surface area contributed by atoms with Gasteiger partial charge in [0.2, 0.25) is 5.91 Å². The highest BCUT2D eigenvalue weighted by molar-refractivity contribution is 5.97. The van der Waals surface area contributed by atoms with Crippen molar-refractivity contribution >= 4 is 11.7 Å². The van der Waals surface area contributed by atoms with Crippen molar-refractivity contribution in [2.24, 2.45) is 10.9 Å². The molecule has 1 aromatic rings. The maximum atomic E-state index is 10.8. The molecule has 0 saturated heterocycles. The van der Waals surface area contributed by atoms with Crippen molar-refractivity contribution in [3.05, 3.63) is 23.3 Å². The van der Waals surface area contributed by atoms with Crippen LogP contribution in [0.25, 0.3) is 0 Å². The number of hydrogen-bond acceptors (Lipinski definition) is 6. The molecule has 1 atom stereocenters. The number of carbonyl (C=O) groups excluding carboxylic acids is 1. The Bertz CT molecular complexity index is 560. The van der Waals surface area contributed by atoms with Gasteiger partial charge in [-0.1, -0.05) is 5.16 Å². The van der Waals surface area contributed by atoms with Gasteiger partial charge in [-0.2, -0.15) is 0 Å². The monoisotopic (exact) mass is 311 g/mol. The summed E-state index contributed by atoms with van der Waals surface area (Å²) in [5.74, 6) is 0.571. The lowest BCUT2D eigenvalue weighted by molar-refractivity contribution is -0.119. The van der Waals surface area contributed by atoms with E-state index < -0.39 is 6.10 Å². The molecule has 1 aromatic carbocycles. The molecule has 1 amide bonds. The van der Waals surface area contributed by atoms with E-state index in [-0.39, 0.29) is 24.9 Å². The zero-order valence-corrected chi connectivity index (χ0v) is 12.8. The molecule has 0 spiro atoms. The number of carbonyl (C=O) groups is 1. The van der Waals surface area contributed by atoms with Crippen LogP contribution in [0, 0.1) is 6.92 Å². The van der Waals surface area contributed by atoms with Gasteiger partial charge < -0.3 is 30.8 Å². The summed E-state index contributed by atoms with van der Waals surface area (Å²) in [7, 11) is 1.46. The van der Waals surface area contributed by atoms with E-state index in [0.717, 1.165) is 0 Å². The number of methoxy groups -OCH3 is 1. The van der Waals surface area contributed by atoms with Crippen molar-refractivity contribution in [3.63, 3.8) is 0 Å². The van der Waals surface area contributed by atoms with E-state index in [2.05, 4.69) is 10.5 Å². The number of ether oxygens (including phenoxy) is 2. The van der Waals surface area contributed by atoms with E-state index in [1.54, 1.807) is 19.1 Å². The maximum absolute atomic E-state index is 10.8.